The van der Waals surface area contributed by atoms with Crippen LogP contribution in [-0.2, 0) is 17.8 Å². The molecule has 0 bridgehead atoms. The Hall–Kier alpha value is -3.39. The van der Waals surface area contributed by atoms with E-state index in [9.17, 15) is 14.9 Å². The summed E-state index contributed by atoms with van der Waals surface area (Å²) in [6, 6.07) is 12.0. The lowest BCUT2D eigenvalue weighted by atomic mass is 10.1. The molecule has 0 aliphatic carbocycles. The summed E-state index contributed by atoms with van der Waals surface area (Å²) in [6.07, 6.45) is 4.24. The number of amidine groups is 1. The van der Waals surface area contributed by atoms with E-state index in [1.54, 1.807) is 32.3 Å². The number of ether oxygens (including phenoxy) is 1. The number of carbonyl (C=O) groups is 1. The van der Waals surface area contributed by atoms with Gasteiger partial charge in [0, 0.05) is 26.2 Å². The van der Waals surface area contributed by atoms with Crippen molar-refractivity contribution in [3.8, 4) is 5.75 Å². The van der Waals surface area contributed by atoms with Crippen molar-refractivity contribution in [1.29, 1.82) is 0 Å². The van der Waals surface area contributed by atoms with E-state index in [2.05, 4.69) is 11.6 Å². The fourth-order valence-electron chi connectivity index (χ4n) is 2.92. The molecule has 0 atom stereocenters. The molecule has 1 fully saturated rings. The Labute approximate surface area is 178 Å². The monoisotopic (exact) mass is 423 g/mol. The van der Waals surface area contributed by atoms with Crippen molar-refractivity contribution in [2.75, 3.05) is 14.1 Å². The van der Waals surface area contributed by atoms with Crippen molar-refractivity contribution in [3.63, 3.8) is 0 Å². The van der Waals surface area contributed by atoms with E-state index in [-0.39, 0.29) is 18.2 Å². The summed E-state index contributed by atoms with van der Waals surface area (Å²) >= 11 is 1.34. The van der Waals surface area contributed by atoms with Crippen molar-refractivity contribution in [3.05, 3.63) is 86.8 Å². The molecule has 0 spiro atoms. The van der Waals surface area contributed by atoms with Crippen molar-refractivity contribution >= 4 is 34.6 Å². The number of hydrogen-bond acceptors (Lipinski definition) is 6. The number of non-ortho nitro benzene ring substituents is 1. The van der Waals surface area contributed by atoms with Crippen LogP contribution in [0.4, 0.5) is 5.69 Å². The minimum atomic E-state index is -0.430. The molecule has 1 aliphatic rings. The number of nitrogens with zero attached hydrogens (tertiary/aromatic N) is 3. The Morgan fingerprint density at radius 1 is 1.27 bits per heavy atom. The lowest BCUT2D eigenvalue weighted by Crippen LogP contribution is -2.23. The molecule has 0 N–H and O–H groups in total. The van der Waals surface area contributed by atoms with E-state index in [0.29, 0.717) is 22.2 Å². The molecule has 0 unspecified atom stereocenters. The first-order valence-electron chi connectivity index (χ1n) is 9.17. The van der Waals surface area contributed by atoms with Gasteiger partial charge in [0.1, 0.15) is 12.4 Å². The highest BCUT2D eigenvalue weighted by Gasteiger charge is 2.29. The van der Waals surface area contributed by atoms with Crippen molar-refractivity contribution in [2.24, 2.45) is 4.99 Å². The third kappa shape index (κ3) is 4.77. The van der Waals surface area contributed by atoms with Crippen LogP contribution in [0.1, 0.15) is 16.7 Å². The average molecular weight is 423 g/mol. The van der Waals surface area contributed by atoms with Gasteiger partial charge < -0.3 is 4.74 Å². The van der Waals surface area contributed by atoms with Crippen LogP contribution in [0, 0.1) is 10.1 Å². The van der Waals surface area contributed by atoms with E-state index < -0.39 is 4.92 Å². The number of carbonyl (C=O) groups excluding carboxylic acids is 1. The lowest BCUT2D eigenvalue weighted by Gasteiger charge is -2.12. The van der Waals surface area contributed by atoms with E-state index in [1.165, 1.54) is 28.8 Å². The summed E-state index contributed by atoms with van der Waals surface area (Å²) in [6.45, 7) is 4.09. The first-order valence-corrected chi connectivity index (χ1v) is 9.99. The van der Waals surface area contributed by atoms with Gasteiger partial charge in [0.05, 0.1) is 9.83 Å². The number of nitro benzene ring substituents is 1. The molecule has 1 amide bonds. The maximum atomic E-state index is 12.4. The van der Waals surface area contributed by atoms with Crippen molar-refractivity contribution in [1.82, 2.24) is 4.90 Å². The fourth-order valence-corrected chi connectivity index (χ4v) is 3.85. The third-order valence-corrected chi connectivity index (χ3v) is 5.63. The average Bonchev–Trinajstić information content (AvgIpc) is 3.01. The summed E-state index contributed by atoms with van der Waals surface area (Å²) in [5.41, 5.74) is 2.70. The van der Waals surface area contributed by atoms with Crippen LogP contribution < -0.4 is 4.74 Å². The summed E-state index contributed by atoms with van der Waals surface area (Å²) in [7, 11) is 3.37. The molecular formula is C22H21N3O4S. The molecule has 0 radical (unpaired) electrons. The number of benzene rings is 2. The molecule has 3 rings (SSSR count). The molecule has 1 aliphatic heterocycles. The number of rotatable bonds is 7. The number of allylic oxidation sites excluding steroid dienone is 1. The first-order chi connectivity index (χ1) is 14.4. The van der Waals surface area contributed by atoms with Crippen molar-refractivity contribution < 1.29 is 14.5 Å². The minimum absolute atomic E-state index is 0.0461. The Kier molecular flexibility index (Phi) is 6.68. The van der Waals surface area contributed by atoms with E-state index in [0.717, 1.165) is 16.7 Å². The van der Waals surface area contributed by atoms with Gasteiger partial charge in [-0.2, -0.15) is 0 Å². The minimum Gasteiger partial charge on any atom is -0.489 e. The standard InChI is InChI=1S/C22H21N3O4S/c1-4-5-17-12-16(13-20-21(26)24(3)22(23-2)30-20)8-11-19(17)29-14-15-6-9-18(10-7-15)25(27)28/h4,6-13H,1,5,14H2,2-3H3/b20-13-,23-22?. The topological polar surface area (TPSA) is 85.0 Å². The molecule has 1 saturated heterocycles. The van der Waals surface area contributed by atoms with Gasteiger partial charge in [-0.1, -0.05) is 12.1 Å². The molecule has 2 aromatic carbocycles. The molecule has 0 aromatic heterocycles. The number of hydrogen-bond donors (Lipinski definition) is 0. The molecule has 1 heterocycles. The third-order valence-electron chi connectivity index (χ3n) is 4.48. The SMILES string of the molecule is C=CCc1cc(/C=C2\SC(=NC)N(C)C2=O)ccc1OCc1ccc([N+](=O)[O-])cc1. The zero-order chi connectivity index (χ0) is 21.7. The van der Waals surface area contributed by atoms with Crippen LogP contribution in [-0.4, -0.2) is 35.0 Å². The summed E-state index contributed by atoms with van der Waals surface area (Å²) in [4.78, 5) is 28.9. The van der Waals surface area contributed by atoms with Gasteiger partial charge in [-0.05, 0) is 65.2 Å². The van der Waals surface area contributed by atoms with E-state index in [1.807, 2.05) is 24.3 Å². The second kappa shape index (κ2) is 9.41. The first kappa shape index (κ1) is 21.3. The molecule has 2 aromatic rings. The maximum Gasteiger partial charge on any atom is 0.269 e. The zero-order valence-electron chi connectivity index (χ0n) is 16.7. The Morgan fingerprint density at radius 3 is 2.60 bits per heavy atom. The van der Waals surface area contributed by atoms with Gasteiger partial charge in [-0.3, -0.25) is 24.8 Å². The van der Waals surface area contributed by atoms with Gasteiger partial charge in [-0.25, -0.2) is 0 Å². The number of thioether (sulfide) groups is 1. The Bertz CT molecular complexity index is 1040. The quantitative estimate of drug-likeness (QED) is 0.285. The van der Waals surface area contributed by atoms with E-state index >= 15 is 0 Å². The van der Waals surface area contributed by atoms with Crippen LogP contribution in [0.25, 0.3) is 6.08 Å². The zero-order valence-corrected chi connectivity index (χ0v) is 17.5. The van der Waals surface area contributed by atoms with Gasteiger partial charge in [0.25, 0.3) is 11.6 Å². The van der Waals surface area contributed by atoms with Crippen LogP contribution in [0.5, 0.6) is 5.75 Å². The van der Waals surface area contributed by atoms with Gasteiger partial charge in [0.15, 0.2) is 5.17 Å². The van der Waals surface area contributed by atoms with Crippen LogP contribution in [0.2, 0.25) is 0 Å². The summed E-state index contributed by atoms with van der Waals surface area (Å²) in [5, 5.41) is 11.4. The highest BCUT2D eigenvalue weighted by molar-refractivity contribution is 8.18. The lowest BCUT2D eigenvalue weighted by molar-refractivity contribution is -0.384. The number of nitro groups is 1. The van der Waals surface area contributed by atoms with E-state index in [4.69, 9.17) is 4.74 Å². The highest BCUT2D eigenvalue weighted by atomic mass is 32.2. The normalized spacial score (nSPS) is 16.3. The molecule has 8 heteroatoms. The summed E-state index contributed by atoms with van der Waals surface area (Å²) < 4.78 is 5.94. The van der Waals surface area contributed by atoms with Crippen LogP contribution >= 0.6 is 11.8 Å². The second-order valence-electron chi connectivity index (χ2n) is 6.55. The van der Waals surface area contributed by atoms with Gasteiger partial charge in [-0.15, -0.1) is 6.58 Å². The number of likely N-dealkylation sites (N-methyl/N-ethyl adjacent to an activating group) is 1. The second-order valence-corrected chi connectivity index (χ2v) is 7.56. The maximum absolute atomic E-state index is 12.4. The highest BCUT2D eigenvalue weighted by Crippen LogP contribution is 2.32. The smallest absolute Gasteiger partial charge is 0.269 e. The van der Waals surface area contributed by atoms with Crippen LogP contribution in [0.15, 0.2) is 65.0 Å². The molecular weight excluding hydrogens is 402 g/mol. The Morgan fingerprint density at radius 2 is 2.00 bits per heavy atom. The molecule has 0 saturated carbocycles. The predicted molar refractivity (Wildman–Crippen MR) is 119 cm³/mol. The Balaban J connectivity index is 1.78. The van der Waals surface area contributed by atoms with Gasteiger partial charge in [0.2, 0.25) is 0 Å². The molecule has 30 heavy (non-hydrogen) atoms. The van der Waals surface area contributed by atoms with Crippen molar-refractivity contribution in [2.45, 2.75) is 13.0 Å². The predicted octanol–water partition coefficient (Wildman–Crippen LogP) is 4.43. The van der Waals surface area contributed by atoms with Crippen LogP contribution in [0.3, 0.4) is 0 Å². The fraction of sp³-hybridized carbons (Fsp3) is 0.182. The number of amides is 1. The van der Waals surface area contributed by atoms with Gasteiger partial charge >= 0.3 is 0 Å². The number of aliphatic imine (C=N–C) groups is 1. The molecule has 154 valence electrons. The largest absolute Gasteiger partial charge is 0.489 e. The summed E-state index contributed by atoms with van der Waals surface area (Å²) in [5.74, 6) is 0.623. The molecule has 7 nitrogen and oxygen atoms in total.